The number of aryl methyl sites for hydroxylation is 1. The van der Waals surface area contributed by atoms with Crippen molar-refractivity contribution >= 4 is 10.0 Å². The molecular weight excluding hydrogens is 338 g/mol. The number of ether oxygens (including phenoxy) is 2. The Labute approximate surface area is 149 Å². The van der Waals surface area contributed by atoms with Crippen LogP contribution in [0.25, 0.3) is 0 Å². The van der Waals surface area contributed by atoms with Gasteiger partial charge in [0.1, 0.15) is 18.1 Å². The zero-order chi connectivity index (χ0) is 17.9. The summed E-state index contributed by atoms with van der Waals surface area (Å²) in [5.74, 6) is 1.51. The van der Waals surface area contributed by atoms with Gasteiger partial charge in [0, 0.05) is 0 Å². The number of fused-ring (bicyclic) bond motifs is 1. The van der Waals surface area contributed by atoms with Crippen molar-refractivity contribution in [2.75, 3.05) is 13.7 Å². The fraction of sp³-hybridized carbons (Fsp3) is 0.368. The van der Waals surface area contributed by atoms with Crippen LogP contribution in [-0.4, -0.2) is 28.2 Å². The molecule has 0 amide bonds. The number of sulfonamides is 1. The first-order valence-electron chi connectivity index (χ1n) is 8.43. The lowest BCUT2D eigenvalue weighted by atomic mass is 10.0. The lowest BCUT2D eigenvalue weighted by Crippen LogP contribution is -2.42. The van der Waals surface area contributed by atoms with Gasteiger partial charge in [-0.3, -0.25) is 0 Å². The van der Waals surface area contributed by atoms with Crippen LogP contribution in [0.5, 0.6) is 11.5 Å². The molecule has 1 atom stereocenters. The third-order valence-electron chi connectivity index (χ3n) is 4.27. The molecule has 5 nitrogen and oxygen atoms in total. The van der Waals surface area contributed by atoms with E-state index in [9.17, 15) is 8.42 Å². The van der Waals surface area contributed by atoms with Crippen LogP contribution in [0.2, 0.25) is 0 Å². The summed E-state index contributed by atoms with van der Waals surface area (Å²) in [6.07, 6.45) is 2.55. The van der Waals surface area contributed by atoms with Crippen molar-refractivity contribution in [2.45, 2.75) is 37.1 Å². The highest BCUT2D eigenvalue weighted by Gasteiger charge is 2.25. The average Bonchev–Trinajstić information content (AvgIpc) is 2.61. The lowest BCUT2D eigenvalue weighted by molar-refractivity contribution is 0.253. The van der Waals surface area contributed by atoms with E-state index >= 15 is 0 Å². The minimum Gasteiger partial charge on any atom is -0.497 e. The highest BCUT2D eigenvalue weighted by molar-refractivity contribution is 7.89. The quantitative estimate of drug-likeness (QED) is 0.859. The maximum atomic E-state index is 12.6. The fourth-order valence-electron chi connectivity index (χ4n) is 2.98. The molecule has 6 heteroatoms. The first kappa shape index (κ1) is 17.8. The highest BCUT2D eigenvalue weighted by Crippen LogP contribution is 2.29. The molecule has 0 saturated carbocycles. The summed E-state index contributed by atoms with van der Waals surface area (Å²) in [5, 5.41) is 0. The van der Waals surface area contributed by atoms with Gasteiger partial charge < -0.3 is 9.47 Å². The van der Waals surface area contributed by atoms with Gasteiger partial charge in [-0.15, -0.1) is 0 Å². The highest BCUT2D eigenvalue weighted by atomic mass is 32.2. The summed E-state index contributed by atoms with van der Waals surface area (Å²) >= 11 is 0. The van der Waals surface area contributed by atoms with Crippen molar-refractivity contribution in [1.29, 1.82) is 0 Å². The van der Waals surface area contributed by atoms with Gasteiger partial charge in [-0.05, 0) is 54.3 Å². The number of hydrogen-bond donors (Lipinski definition) is 1. The van der Waals surface area contributed by atoms with Gasteiger partial charge in [0.15, 0.2) is 0 Å². The van der Waals surface area contributed by atoms with E-state index in [-0.39, 0.29) is 10.9 Å². The summed E-state index contributed by atoms with van der Waals surface area (Å²) in [6.45, 7) is 2.41. The fourth-order valence-corrected chi connectivity index (χ4v) is 4.21. The third-order valence-corrected chi connectivity index (χ3v) is 5.80. The van der Waals surface area contributed by atoms with E-state index in [1.165, 1.54) is 0 Å². The Morgan fingerprint density at radius 2 is 1.96 bits per heavy atom. The summed E-state index contributed by atoms with van der Waals surface area (Å²) in [7, 11) is -1.97. The Balaban J connectivity index is 1.72. The Morgan fingerprint density at radius 3 is 2.64 bits per heavy atom. The number of benzene rings is 2. The molecule has 25 heavy (non-hydrogen) atoms. The molecule has 0 saturated heterocycles. The van der Waals surface area contributed by atoms with E-state index in [2.05, 4.69) is 11.6 Å². The smallest absolute Gasteiger partial charge is 0.240 e. The molecule has 2 aromatic carbocycles. The van der Waals surface area contributed by atoms with Crippen molar-refractivity contribution in [3.63, 3.8) is 0 Å². The molecule has 0 aliphatic carbocycles. The topological polar surface area (TPSA) is 64.6 Å². The van der Waals surface area contributed by atoms with Crippen molar-refractivity contribution in [2.24, 2.45) is 0 Å². The second kappa shape index (κ2) is 7.45. The Kier molecular flexibility index (Phi) is 5.30. The molecule has 0 radical (unpaired) electrons. The SMILES string of the molecule is CCCc1ccc(S(=O)(=O)N[C@H]2COc3ccc(OC)cc3C2)cc1. The monoisotopic (exact) mass is 361 g/mol. The van der Waals surface area contributed by atoms with Gasteiger partial charge in [-0.25, -0.2) is 13.1 Å². The van der Waals surface area contributed by atoms with Crippen LogP contribution in [0.1, 0.15) is 24.5 Å². The molecule has 1 N–H and O–H groups in total. The summed E-state index contributed by atoms with van der Waals surface area (Å²) in [6, 6.07) is 12.3. The second-order valence-corrected chi connectivity index (χ2v) is 7.91. The summed E-state index contributed by atoms with van der Waals surface area (Å²) < 4.78 is 38.9. The summed E-state index contributed by atoms with van der Waals surface area (Å²) in [4.78, 5) is 0.281. The van der Waals surface area contributed by atoms with Crippen LogP contribution >= 0.6 is 0 Å². The molecule has 2 aromatic rings. The molecule has 1 heterocycles. The van der Waals surface area contributed by atoms with Crippen molar-refractivity contribution in [1.82, 2.24) is 4.72 Å². The average molecular weight is 361 g/mol. The van der Waals surface area contributed by atoms with Crippen molar-refractivity contribution in [3.05, 3.63) is 53.6 Å². The molecule has 0 fully saturated rings. The molecule has 1 aliphatic rings. The third kappa shape index (κ3) is 4.14. The molecule has 1 aliphatic heterocycles. The van der Waals surface area contributed by atoms with Crippen LogP contribution in [0.4, 0.5) is 0 Å². The molecular formula is C19H23NO4S. The van der Waals surface area contributed by atoms with Crippen LogP contribution in [0.3, 0.4) is 0 Å². The van der Waals surface area contributed by atoms with Crippen molar-refractivity contribution < 1.29 is 17.9 Å². The molecule has 0 unspecified atom stereocenters. The Morgan fingerprint density at radius 1 is 1.20 bits per heavy atom. The van der Waals surface area contributed by atoms with Crippen LogP contribution in [0.15, 0.2) is 47.4 Å². The lowest BCUT2D eigenvalue weighted by Gasteiger charge is -2.26. The van der Waals surface area contributed by atoms with Gasteiger partial charge in [0.05, 0.1) is 18.0 Å². The van der Waals surface area contributed by atoms with Crippen LogP contribution in [0, 0.1) is 0 Å². The Hall–Kier alpha value is -2.05. The van der Waals surface area contributed by atoms with E-state index in [1.54, 1.807) is 19.2 Å². The number of methoxy groups -OCH3 is 1. The van der Waals surface area contributed by atoms with Crippen LogP contribution in [-0.2, 0) is 22.9 Å². The molecule has 0 bridgehead atoms. The molecule has 0 spiro atoms. The first-order chi connectivity index (χ1) is 12.0. The maximum absolute atomic E-state index is 12.6. The van der Waals surface area contributed by atoms with E-state index in [0.717, 1.165) is 35.5 Å². The summed E-state index contributed by atoms with van der Waals surface area (Å²) in [5.41, 5.74) is 2.08. The number of rotatable bonds is 6. The minimum absolute atomic E-state index is 0.281. The van der Waals surface area contributed by atoms with E-state index in [4.69, 9.17) is 9.47 Å². The van der Waals surface area contributed by atoms with Gasteiger partial charge >= 0.3 is 0 Å². The molecule has 0 aromatic heterocycles. The van der Waals surface area contributed by atoms with E-state index in [1.807, 2.05) is 30.3 Å². The first-order valence-corrected chi connectivity index (χ1v) is 9.91. The largest absolute Gasteiger partial charge is 0.497 e. The van der Waals surface area contributed by atoms with Crippen LogP contribution < -0.4 is 14.2 Å². The van der Waals surface area contributed by atoms with Gasteiger partial charge in [0.25, 0.3) is 0 Å². The maximum Gasteiger partial charge on any atom is 0.240 e. The van der Waals surface area contributed by atoms with E-state index in [0.29, 0.717) is 13.0 Å². The predicted octanol–water partition coefficient (Wildman–Crippen LogP) is 2.93. The minimum atomic E-state index is -3.57. The second-order valence-electron chi connectivity index (χ2n) is 6.20. The van der Waals surface area contributed by atoms with E-state index < -0.39 is 10.0 Å². The predicted molar refractivity (Wildman–Crippen MR) is 96.7 cm³/mol. The Bertz CT molecular complexity index is 831. The normalized spacial score (nSPS) is 16.8. The zero-order valence-electron chi connectivity index (χ0n) is 14.5. The van der Waals surface area contributed by atoms with Crippen molar-refractivity contribution in [3.8, 4) is 11.5 Å². The number of hydrogen-bond acceptors (Lipinski definition) is 4. The van der Waals surface area contributed by atoms with Gasteiger partial charge in [-0.1, -0.05) is 25.5 Å². The molecule has 134 valence electrons. The van der Waals surface area contributed by atoms with Gasteiger partial charge in [0.2, 0.25) is 10.0 Å². The standard InChI is InChI=1S/C19H23NO4S/c1-3-4-14-5-8-18(9-6-14)25(21,22)20-16-11-15-12-17(23-2)7-10-19(15)24-13-16/h5-10,12,16,20H,3-4,11,13H2,1-2H3/t16-/m1/s1. The van der Waals surface area contributed by atoms with Gasteiger partial charge in [-0.2, -0.15) is 0 Å². The molecule has 3 rings (SSSR count). The zero-order valence-corrected chi connectivity index (χ0v) is 15.3. The number of nitrogens with one attached hydrogen (secondary N) is 1.